The topological polar surface area (TPSA) is 59.3 Å². The smallest absolute Gasteiger partial charge is 0.235 e. The highest BCUT2D eigenvalue weighted by Gasteiger charge is 2.35. The first kappa shape index (κ1) is 16.4. The number of aromatic nitrogens is 3. The number of quaternary nitrogens is 2. The number of rotatable bonds is 3. The molecule has 1 fully saturated rings. The number of benzene rings is 1. The van der Waals surface area contributed by atoms with Crippen LogP contribution >= 0.6 is 11.3 Å². The monoisotopic (exact) mass is 363 g/mol. The zero-order valence-electron chi connectivity index (χ0n) is 14.3. The molecule has 1 aliphatic rings. The van der Waals surface area contributed by atoms with Crippen molar-refractivity contribution in [2.75, 3.05) is 33.2 Å². The number of thiazole rings is 1. The number of aryl methyl sites for hydroxylation is 1. The molecule has 4 rings (SSSR count). The van der Waals surface area contributed by atoms with Crippen molar-refractivity contribution in [1.82, 2.24) is 14.6 Å². The summed E-state index contributed by atoms with van der Waals surface area (Å²) in [6, 6.07) is 6.58. The third-order valence-electron chi connectivity index (χ3n) is 4.90. The van der Waals surface area contributed by atoms with Gasteiger partial charge in [-0.3, -0.25) is 0 Å². The Hall–Kier alpha value is -2.03. The van der Waals surface area contributed by atoms with Gasteiger partial charge >= 0.3 is 0 Å². The van der Waals surface area contributed by atoms with E-state index in [2.05, 4.69) is 17.1 Å². The predicted molar refractivity (Wildman–Crippen MR) is 92.8 cm³/mol. The zero-order valence-corrected chi connectivity index (χ0v) is 15.1. The fraction of sp³-hybridized carbons (Fsp3) is 0.412. The second kappa shape index (κ2) is 6.36. The van der Waals surface area contributed by atoms with E-state index in [0.29, 0.717) is 10.8 Å². The first-order chi connectivity index (χ1) is 12.0. The summed E-state index contributed by atoms with van der Waals surface area (Å²) in [6.45, 7) is 5.86. The first-order valence-corrected chi connectivity index (χ1v) is 9.31. The van der Waals surface area contributed by atoms with Crippen molar-refractivity contribution < 1.29 is 19.3 Å². The van der Waals surface area contributed by atoms with Crippen LogP contribution < -0.4 is 9.80 Å². The Kier molecular flexibility index (Phi) is 4.18. The quantitative estimate of drug-likeness (QED) is 0.585. The Bertz CT molecular complexity index is 900. The van der Waals surface area contributed by atoms with Crippen LogP contribution in [0, 0.1) is 12.7 Å². The second-order valence-corrected chi connectivity index (χ2v) is 7.76. The molecule has 0 saturated carbocycles. The molecule has 0 aliphatic carbocycles. The van der Waals surface area contributed by atoms with Gasteiger partial charge in [-0.05, 0) is 19.1 Å². The molecule has 0 bridgehead atoms. The Balaban J connectivity index is 1.81. The number of fused-ring (bicyclic) bond motifs is 1. The van der Waals surface area contributed by atoms with Crippen LogP contribution in [0.2, 0.25) is 0 Å². The van der Waals surface area contributed by atoms with Crippen molar-refractivity contribution in [3.8, 4) is 5.88 Å². The third kappa shape index (κ3) is 3.01. The normalized spacial score (nSPS) is 22.4. The van der Waals surface area contributed by atoms with E-state index in [-0.39, 0.29) is 17.7 Å². The highest BCUT2D eigenvalue weighted by atomic mass is 32.1. The van der Waals surface area contributed by atoms with Gasteiger partial charge in [0.25, 0.3) is 0 Å². The minimum Gasteiger partial charge on any atom is -0.492 e. The molecule has 1 aromatic carbocycles. The van der Waals surface area contributed by atoms with Crippen LogP contribution in [-0.2, 0) is 0 Å². The number of nitrogens with zero attached hydrogens (tertiary/aromatic N) is 3. The Morgan fingerprint density at radius 1 is 1.28 bits per heavy atom. The Morgan fingerprint density at radius 2 is 2.04 bits per heavy atom. The van der Waals surface area contributed by atoms with Gasteiger partial charge in [-0.25, -0.2) is 9.37 Å². The number of hydrogen-bond donors (Lipinski definition) is 3. The maximum atomic E-state index is 13.9. The molecule has 3 N–H and O–H groups in total. The third-order valence-corrected chi connectivity index (χ3v) is 5.99. The van der Waals surface area contributed by atoms with Crippen LogP contribution in [0.3, 0.4) is 0 Å². The molecule has 25 heavy (non-hydrogen) atoms. The lowest BCUT2D eigenvalue weighted by Crippen LogP contribution is -3.27. The van der Waals surface area contributed by atoms with Crippen molar-refractivity contribution in [2.45, 2.75) is 13.0 Å². The highest BCUT2D eigenvalue weighted by molar-refractivity contribution is 7.17. The van der Waals surface area contributed by atoms with E-state index in [9.17, 15) is 9.50 Å². The van der Waals surface area contributed by atoms with Crippen molar-refractivity contribution in [3.63, 3.8) is 0 Å². The van der Waals surface area contributed by atoms with Gasteiger partial charge in [0.1, 0.15) is 42.7 Å². The van der Waals surface area contributed by atoms with E-state index in [1.165, 1.54) is 31.7 Å². The number of aromatic hydroxyl groups is 1. The molecule has 6 nitrogen and oxygen atoms in total. The number of likely N-dealkylation sites (N-methyl/N-ethyl adjacent to an activating group) is 1. The van der Waals surface area contributed by atoms with Gasteiger partial charge in [0.15, 0.2) is 6.04 Å². The van der Waals surface area contributed by atoms with Crippen molar-refractivity contribution in [2.24, 2.45) is 0 Å². The van der Waals surface area contributed by atoms with Crippen molar-refractivity contribution in [1.29, 1.82) is 0 Å². The molecule has 132 valence electrons. The van der Waals surface area contributed by atoms with Crippen LogP contribution in [0.5, 0.6) is 5.88 Å². The molecule has 0 spiro atoms. The molecule has 2 aromatic heterocycles. The lowest BCUT2D eigenvalue weighted by molar-refractivity contribution is -1.02. The van der Waals surface area contributed by atoms with Gasteiger partial charge in [-0.2, -0.15) is 4.52 Å². The van der Waals surface area contributed by atoms with Crippen LogP contribution in [0.4, 0.5) is 4.39 Å². The summed E-state index contributed by atoms with van der Waals surface area (Å²) in [6.07, 6.45) is 0. The summed E-state index contributed by atoms with van der Waals surface area (Å²) in [5.74, 6) is 0.496. The molecule has 0 amide bonds. The fourth-order valence-electron chi connectivity index (χ4n) is 3.58. The van der Waals surface area contributed by atoms with Gasteiger partial charge in [-0.1, -0.05) is 23.5 Å². The standard InChI is InChI=1S/C17H20FN5OS/c1-11-19-17-23(20-11)16(24)15(25-17)14(12-4-3-5-13(18)10-12)22-8-6-21(2)7-9-22/h3-5,10,14,24H,6-9H2,1-2H3/p+2/t14-/m1/s1. The Morgan fingerprint density at radius 3 is 2.72 bits per heavy atom. The van der Waals surface area contributed by atoms with E-state index in [1.807, 2.05) is 6.07 Å². The minimum atomic E-state index is -0.253. The number of halogens is 1. The second-order valence-electron chi connectivity index (χ2n) is 6.75. The lowest BCUT2D eigenvalue weighted by Gasteiger charge is -2.33. The van der Waals surface area contributed by atoms with Crippen LogP contribution in [-0.4, -0.2) is 52.9 Å². The molecule has 8 heteroatoms. The maximum absolute atomic E-state index is 13.9. The summed E-state index contributed by atoms with van der Waals surface area (Å²) < 4.78 is 15.4. The Labute approximate surface area is 149 Å². The molecule has 3 heterocycles. The van der Waals surface area contributed by atoms with Gasteiger partial charge in [0.2, 0.25) is 10.8 Å². The SMILES string of the molecule is Cc1nc2sc([C@@H](c3cccc(F)c3)[NH+]3CC[NH+](C)CC3)c(O)n2n1. The largest absolute Gasteiger partial charge is 0.492 e. The summed E-state index contributed by atoms with van der Waals surface area (Å²) >= 11 is 1.44. The summed E-state index contributed by atoms with van der Waals surface area (Å²) in [5, 5.41) is 15.0. The highest BCUT2D eigenvalue weighted by Crippen LogP contribution is 2.35. The average molecular weight is 363 g/mol. The summed E-state index contributed by atoms with van der Waals surface area (Å²) in [7, 11) is 2.19. The van der Waals surface area contributed by atoms with Gasteiger partial charge in [-0.15, -0.1) is 5.10 Å². The molecular formula is C17H22FN5OS+2. The van der Waals surface area contributed by atoms with Gasteiger partial charge in [0, 0.05) is 5.56 Å². The molecule has 3 aromatic rings. The van der Waals surface area contributed by atoms with E-state index in [0.717, 1.165) is 36.6 Å². The van der Waals surface area contributed by atoms with E-state index in [4.69, 9.17) is 0 Å². The summed E-state index contributed by atoms with van der Waals surface area (Å²) in [4.78, 5) is 8.69. The molecule has 1 aliphatic heterocycles. The zero-order chi connectivity index (χ0) is 17.6. The lowest BCUT2D eigenvalue weighted by atomic mass is 10.0. The molecule has 1 saturated heterocycles. The molecule has 0 unspecified atom stereocenters. The molecule has 0 radical (unpaired) electrons. The molecule has 1 atom stereocenters. The maximum Gasteiger partial charge on any atom is 0.235 e. The first-order valence-electron chi connectivity index (χ1n) is 8.49. The van der Waals surface area contributed by atoms with E-state index >= 15 is 0 Å². The predicted octanol–water partition coefficient (Wildman–Crippen LogP) is -0.553. The van der Waals surface area contributed by atoms with Gasteiger partial charge < -0.3 is 14.9 Å². The average Bonchev–Trinajstić information content (AvgIpc) is 3.08. The fourth-order valence-corrected chi connectivity index (χ4v) is 4.77. The number of nitrogens with one attached hydrogen (secondary N) is 2. The van der Waals surface area contributed by atoms with Crippen LogP contribution in [0.15, 0.2) is 24.3 Å². The van der Waals surface area contributed by atoms with Crippen LogP contribution in [0.1, 0.15) is 22.3 Å². The van der Waals surface area contributed by atoms with Crippen molar-refractivity contribution in [3.05, 3.63) is 46.3 Å². The minimum absolute atomic E-state index is 0.113. The van der Waals surface area contributed by atoms with Crippen molar-refractivity contribution >= 4 is 16.3 Å². The van der Waals surface area contributed by atoms with E-state index < -0.39 is 0 Å². The van der Waals surface area contributed by atoms with E-state index in [1.54, 1.807) is 19.1 Å². The molecular weight excluding hydrogens is 341 g/mol. The van der Waals surface area contributed by atoms with Crippen LogP contribution in [0.25, 0.3) is 4.96 Å². The van der Waals surface area contributed by atoms with Gasteiger partial charge in [0.05, 0.1) is 7.05 Å². The number of hydrogen-bond acceptors (Lipinski definition) is 4. The number of piperazine rings is 1. The summed E-state index contributed by atoms with van der Waals surface area (Å²) in [5.41, 5.74) is 0.881.